The van der Waals surface area contributed by atoms with Gasteiger partial charge < -0.3 is 10.6 Å². The van der Waals surface area contributed by atoms with Crippen LogP contribution in [-0.2, 0) is 11.8 Å². The maximum Gasteiger partial charge on any atom is 0.191 e. The second kappa shape index (κ2) is 9.38. The Labute approximate surface area is 171 Å². The molecule has 0 spiro atoms. The molecule has 0 atom stereocenters. The second-order valence-electron chi connectivity index (χ2n) is 6.21. The molecule has 0 unspecified atom stereocenters. The summed E-state index contributed by atoms with van der Waals surface area (Å²) in [5.41, 5.74) is 2.59. The van der Waals surface area contributed by atoms with Gasteiger partial charge in [-0.25, -0.2) is 0 Å². The largest absolute Gasteiger partial charge is 0.356 e. The van der Waals surface area contributed by atoms with Crippen molar-refractivity contribution in [3.63, 3.8) is 0 Å². The fraction of sp³-hybridized carbons (Fsp3) is 0.368. The number of hydrogen-bond donors (Lipinski definition) is 2. The van der Waals surface area contributed by atoms with Crippen molar-refractivity contribution in [1.29, 1.82) is 0 Å². The molecule has 134 valence electrons. The quantitative estimate of drug-likeness (QED) is 0.384. The number of rotatable bonds is 6. The second-order valence-corrected chi connectivity index (χ2v) is 6.65. The molecule has 1 aromatic carbocycles. The molecule has 1 aromatic heterocycles. The third kappa shape index (κ3) is 5.57. The molecule has 25 heavy (non-hydrogen) atoms. The number of hydrogen-bond acceptors (Lipinski definition) is 2. The summed E-state index contributed by atoms with van der Waals surface area (Å²) in [4.78, 5) is 8.64. The molecule has 6 heteroatoms. The van der Waals surface area contributed by atoms with Gasteiger partial charge in [0.05, 0.1) is 0 Å². The van der Waals surface area contributed by atoms with Gasteiger partial charge in [0.1, 0.15) is 0 Å². The summed E-state index contributed by atoms with van der Waals surface area (Å²) in [5.74, 6) is 0.833. The van der Waals surface area contributed by atoms with Crippen molar-refractivity contribution >= 4 is 41.5 Å². The highest BCUT2D eigenvalue weighted by molar-refractivity contribution is 14.0. The topological polar surface area (TPSA) is 49.3 Å². The number of halogens is 2. The van der Waals surface area contributed by atoms with Crippen LogP contribution in [0.3, 0.4) is 0 Å². The number of nitrogens with zero attached hydrogens (tertiary/aromatic N) is 2. The zero-order valence-electron chi connectivity index (χ0n) is 14.3. The first-order valence-corrected chi connectivity index (χ1v) is 8.70. The van der Waals surface area contributed by atoms with E-state index >= 15 is 0 Å². The molecule has 1 fully saturated rings. The van der Waals surface area contributed by atoms with Gasteiger partial charge in [-0.1, -0.05) is 29.8 Å². The standard InChI is InChI=1S/C19H23ClN4.HI/c1-21-18(23-12-8-17-7-2-3-11-22-17)24-14-19(9-10-19)15-5-4-6-16(20)13-15;/h2-7,11,13H,8-10,12,14H2,1H3,(H2,21,23,24);1H. The van der Waals surface area contributed by atoms with E-state index in [9.17, 15) is 0 Å². The molecular formula is C19H24ClIN4. The maximum atomic E-state index is 6.13. The van der Waals surface area contributed by atoms with Gasteiger partial charge in [0.15, 0.2) is 5.96 Å². The number of aromatic nitrogens is 1. The molecule has 2 aromatic rings. The molecule has 0 radical (unpaired) electrons. The first-order chi connectivity index (χ1) is 11.7. The SMILES string of the molecule is CN=C(NCCc1ccccn1)NCC1(c2cccc(Cl)c2)CC1.I. The summed E-state index contributed by atoms with van der Waals surface area (Å²) < 4.78 is 0. The van der Waals surface area contributed by atoms with Crippen LogP contribution in [-0.4, -0.2) is 31.1 Å². The van der Waals surface area contributed by atoms with Gasteiger partial charge in [-0.3, -0.25) is 9.98 Å². The number of pyridine rings is 1. The van der Waals surface area contributed by atoms with Crippen molar-refractivity contribution in [2.24, 2.45) is 4.99 Å². The monoisotopic (exact) mass is 470 g/mol. The highest BCUT2D eigenvalue weighted by atomic mass is 127. The number of nitrogens with one attached hydrogen (secondary N) is 2. The molecule has 0 bridgehead atoms. The van der Waals surface area contributed by atoms with Crippen LogP contribution in [0.4, 0.5) is 0 Å². The molecule has 1 heterocycles. The van der Waals surface area contributed by atoms with Gasteiger partial charge in [-0.05, 0) is 42.7 Å². The zero-order valence-corrected chi connectivity index (χ0v) is 17.4. The summed E-state index contributed by atoms with van der Waals surface area (Å²) >= 11 is 6.13. The summed E-state index contributed by atoms with van der Waals surface area (Å²) in [6.07, 6.45) is 5.07. The van der Waals surface area contributed by atoms with E-state index in [0.717, 1.165) is 36.2 Å². The van der Waals surface area contributed by atoms with Crippen molar-refractivity contribution < 1.29 is 0 Å². The minimum atomic E-state index is 0. The molecular weight excluding hydrogens is 447 g/mol. The number of aliphatic imine (C=N–C) groups is 1. The lowest BCUT2D eigenvalue weighted by Crippen LogP contribution is -2.42. The Kier molecular flexibility index (Phi) is 7.50. The number of guanidine groups is 1. The van der Waals surface area contributed by atoms with Gasteiger partial charge in [0, 0.05) is 48.9 Å². The molecule has 1 aliphatic rings. The summed E-state index contributed by atoms with van der Waals surface area (Å²) in [5, 5.41) is 7.61. The first kappa shape index (κ1) is 20.0. The van der Waals surface area contributed by atoms with Crippen molar-refractivity contribution in [2.45, 2.75) is 24.7 Å². The Balaban J connectivity index is 0.00000225. The first-order valence-electron chi connectivity index (χ1n) is 8.32. The lowest BCUT2D eigenvalue weighted by molar-refractivity contribution is 0.645. The van der Waals surface area contributed by atoms with Crippen molar-refractivity contribution in [3.05, 3.63) is 64.9 Å². The van der Waals surface area contributed by atoms with Crippen LogP contribution < -0.4 is 10.6 Å². The molecule has 3 rings (SSSR count). The Morgan fingerprint density at radius 1 is 1.20 bits per heavy atom. The Bertz CT molecular complexity index is 702. The van der Waals surface area contributed by atoms with Crippen LogP contribution in [0.1, 0.15) is 24.1 Å². The minimum absolute atomic E-state index is 0. The molecule has 4 nitrogen and oxygen atoms in total. The third-order valence-corrected chi connectivity index (χ3v) is 4.74. The smallest absolute Gasteiger partial charge is 0.191 e. The van der Waals surface area contributed by atoms with E-state index in [0.29, 0.717) is 0 Å². The van der Waals surface area contributed by atoms with Crippen molar-refractivity contribution in [3.8, 4) is 0 Å². The number of benzene rings is 1. The maximum absolute atomic E-state index is 6.13. The fourth-order valence-corrected chi connectivity index (χ4v) is 3.06. The van der Waals surface area contributed by atoms with Gasteiger partial charge >= 0.3 is 0 Å². The fourth-order valence-electron chi connectivity index (χ4n) is 2.87. The summed E-state index contributed by atoms with van der Waals surface area (Å²) in [6.45, 7) is 1.68. The molecule has 0 saturated heterocycles. The van der Waals surface area contributed by atoms with Crippen molar-refractivity contribution in [1.82, 2.24) is 15.6 Å². The normalized spacial score (nSPS) is 15.2. The van der Waals surface area contributed by atoms with E-state index in [1.165, 1.54) is 18.4 Å². The van der Waals surface area contributed by atoms with Crippen LogP contribution in [0.5, 0.6) is 0 Å². The summed E-state index contributed by atoms with van der Waals surface area (Å²) in [7, 11) is 1.80. The van der Waals surface area contributed by atoms with E-state index < -0.39 is 0 Å². The average Bonchev–Trinajstić information content (AvgIpc) is 3.40. The summed E-state index contributed by atoms with van der Waals surface area (Å²) in [6, 6.07) is 14.2. The van der Waals surface area contributed by atoms with Crippen LogP contribution in [0.15, 0.2) is 53.7 Å². The molecule has 1 saturated carbocycles. The van der Waals surface area contributed by atoms with Crippen LogP contribution in [0, 0.1) is 0 Å². The van der Waals surface area contributed by atoms with Crippen LogP contribution in [0.25, 0.3) is 0 Å². The molecule has 0 amide bonds. The van der Waals surface area contributed by atoms with E-state index in [2.05, 4.69) is 32.7 Å². The predicted octanol–water partition coefficient (Wildman–Crippen LogP) is 3.79. The van der Waals surface area contributed by atoms with Crippen LogP contribution >= 0.6 is 35.6 Å². The lowest BCUT2D eigenvalue weighted by atomic mass is 9.96. The van der Waals surface area contributed by atoms with Gasteiger partial charge in [0.2, 0.25) is 0 Å². The lowest BCUT2D eigenvalue weighted by Gasteiger charge is -2.19. The third-order valence-electron chi connectivity index (χ3n) is 4.51. The Morgan fingerprint density at radius 2 is 2.04 bits per heavy atom. The molecule has 0 aliphatic heterocycles. The molecule has 2 N–H and O–H groups in total. The van der Waals surface area contributed by atoms with E-state index in [1.54, 1.807) is 7.05 Å². The van der Waals surface area contributed by atoms with Gasteiger partial charge in [-0.2, -0.15) is 0 Å². The average molecular weight is 471 g/mol. The van der Waals surface area contributed by atoms with E-state index in [1.807, 2.05) is 36.5 Å². The zero-order chi connectivity index (χ0) is 16.8. The van der Waals surface area contributed by atoms with E-state index in [-0.39, 0.29) is 29.4 Å². The predicted molar refractivity (Wildman–Crippen MR) is 115 cm³/mol. The molecule has 1 aliphatic carbocycles. The van der Waals surface area contributed by atoms with Gasteiger partial charge in [0.25, 0.3) is 0 Å². The highest BCUT2D eigenvalue weighted by Gasteiger charge is 2.44. The Hall–Kier alpha value is -1.34. The highest BCUT2D eigenvalue weighted by Crippen LogP contribution is 2.48. The van der Waals surface area contributed by atoms with E-state index in [4.69, 9.17) is 11.6 Å². The minimum Gasteiger partial charge on any atom is -0.356 e. The Morgan fingerprint density at radius 3 is 2.68 bits per heavy atom. The van der Waals surface area contributed by atoms with Crippen LogP contribution in [0.2, 0.25) is 5.02 Å². The van der Waals surface area contributed by atoms with Crippen molar-refractivity contribution in [2.75, 3.05) is 20.1 Å². The van der Waals surface area contributed by atoms with Gasteiger partial charge in [-0.15, -0.1) is 24.0 Å².